The number of hydrogen-bond donors (Lipinski definition) is 1. The van der Waals surface area contributed by atoms with Crippen molar-refractivity contribution >= 4 is 29.4 Å². The normalized spacial score (nSPS) is 23.2. The Labute approximate surface area is 138 Å². The quantitative estimate of drug-likeness (QED) is 0.846. The smallest absolute Gasteiger partial charge is 0.332 e. The molecule has 7 heteroatoms. The molecule has 23 heavy (non-hydrogen) atoms. The Hall–Kier alpha value is -2.08. The SMILES string of the molecule is O=C(NCC(=O)N1CCC[C@@]12CCOC2=O)c1cccc(Cl)c1. The summed E-state index contributed by atoms with van der Waals surface area (Å²) in [5.41, 5.74) is -0.431. The lowest BCUT2D eigenvalue weighted by molar-refractivity contribution is -0.152. The Kier molecular flexibility index (Phi) is 4.26. The second-order valence-electron chi connectivity index (χ2n) is 5.76. The van der Waals surface area contributed by atoms with E-state index in [1.54, 1.807) is 23.1 Å². The van der Waals surface area contributed by atoms with Crippen LogP contribution in [0.5, 0.6) is 0 Å². The van der Waals surface area contributed by atoms with E-state index in [0.29, 0.717) is 36.6 Å². The highest BCUT2D eigenvalue weighted by molar-refractivity contribution is 6.31. The fraction of sp³-hybridized carbons (Fsp3) is 0.438. The number of halogens is 1. The molecule has 2 amide bonds. The van der Waals surface area contributed by atoms with Crippen LogP contribution in [0.1, 0.15) is 29.6 Å². The summed E-state index contributed by atoms with van der Waals surface area (Å²) >= 11 is 5.85. The van der Waals surface area contributed by atoms with Crippen LogP contribution in [0.15, 0.2) is 24.3 Å². The third-order valence-corrected chi connectivity index (χ3v) is 4.64. The summed E-state index contributed by atoms with van der Waals surface area (Å²) in [6, 6.07) is 6.50. The zero-order valence-corrected chi connectivity index (χ0v) is 13.3. The highest BCUT2D eigenvalue weighted by Crippen LogP contribution is 2.37. The first-order valence-electron chi connectivity index (χ1n) is 7.54. The van der Waals surface area contributed by atoms with Gasteiger partial charge in [-0.15, -0.1) is 0 Å². The summed E-state index contributed by atoms with van der Waals surface area (Å²) < 4.78 is 5.04. The standard InChI is InChI=1S/C16H17ClN2O4/c17-12-4-1-3-11(9-12)14(21)18-10-13(20)19-7-2-5-16(19)6-8-23-15(16)22/h1,3-4,9H,2,5-8,10H2,(H,18,21)/t16-/m0/s1. The topological polar surface area (TPSA) is 75.7 Å². The van der Waals surface area contributed by atoms with E-state index >= 15 is 0 Å². The molecule has 1 aromatic carbocycles. The van der Waals surface area contributed by atoms with Gasteiger partial charge in [0.1, 0.15) is 5.54 Å². The minimum Gasteiger partial charge on any atom is -0.464 e. The van der Waals surface area contributed by atoms with Crippen LogP contribution in [0.25, 0.3) is 0 Å². The lowest BCUT2D eigenvalue weighted by atomic mass is 9.94. The molecular formula is C16H17ClN2O4. The predicted molar refractivity (Wildman–Crippen MR) is 83.0 cm³/mol. The van der Waals surface area contributed by atoms with Gasteiger partial charge in [0.2, 0.25) is 5.91 Å². The van der Waals surface area contributed by atoms with E-state index in [1.165, 1.54) is 6.07 Å². The molecule has 0 aliphatic carbocycles. The number of nitrogens with one attached hydrogen (secondary N) is 1. The van der Waals surface area contributed by atoms with E-state index in [0.717, 1.165) is 6.42 Å². The molecule has 122 valence electrons. The minimum atomic E-state index is -0.822. The number of hydrogen-bond acceptors (Lipinski definition) is 4. The van der Waals surface area contributed by atoms with Crippen LogP contribution in [0, 0.1) is 0 Å². The molecule has 1 aromatic rings. The maximum Gasteiger partial charge on any atom is 0.332 e. The Balaban J connectivity index is 1.63. The van der Waals surface area contributed by atoms with Crippen LogP contribution in [0.4, 0.5) is 0 Å². The Bertz CT molecular complexity index is 659. The zero-order valence-electron chi connectivity index (χ0n) is 12.5. The summed E-state index contributed by atoms with van der Waals surface area (Å²) in [6.07, 6.45) is 1.92. The van der Waals surface area contributed by atoms with Crippen molar-refractivity contribution in [3.05, 3.63) is 34.9 Å². The lowest BCUT2D eigenvalue weighted by Gasteiger charge is -2.31. The Morgan fingerprint density at radius 1 is 1.35 bits per heavy atom. The molecule has 1 spiro atoms. The second kappa shape index (κ2) is 6.20. The molecule has 1 N–H and O–H groups in total. The monoisotopic (exact) mass is 336 g/mol. The van der Waals surface area contributed by atoms with Crippen molar-refractivity contribution in [2.24, 2.45) is 0 Å². The van der Waals surface area contributed by atoms with E-state index in [4.69, 9.17) is 16.3 Å². The molecule has 2 aliphatic heterocycles. The second-order valence-corrected chi connectivity index (χ2v) is 6.20. The van der Waals surface area contributed by atoms with Crippen molar-refractivity contribution in [1.29, 1.82) is 0 Å². The number of amides is 2. The Morgan fingerprint density at radius 3 is 2.87 bits per heavy atom. The van der Waals surface area contributed by atoms with Crippen molar-refractivity contribution < 1.29 is 19.1 Å². The van der Waals surface area contributed by atoms with E-state index in [9.17, 15) is 14.4 Å². The minimum absolute atomic E-state index is 0.152. The number of cyclic esters (lactones) is 1. The third-order valence-electron chi connectivity index (χ3n) is 4.41. The number of likely N-dealkylation sites (tertiary alicyclic amines) is 1. The fourth-order valence-corrected chi connectivity index (χ4v) is 3.44. The van der Waals surface area contributed by atoms with Crippen molar-refractivity contribution in [3.8, 4) is 0 Å². The van der Waals surface area contributed by atoms with Crippen molar-refractivity contribution in [3.63, 3.8) is 0 Å². The van der Waals surface area contributed by atoms with Crippen molar-refractivity contribution in [2.45, 2.75) is 24.8 Å². The van der Waals surface area contributed by atoms with E-state index in [2.05, 4.69) is 5.32 Å². The number of esters is 1. The molecule has 2 fully saturated rings. The molecule has 0 aromatic heterocycles. The van der Waals surface area contributed by atoms with Gasteiger partial charge in [0, 0.05) is 23.6 Å². The van der Waals surface area contributed by atoms with Gasteiger partial charge in [0.15, 0.2) is 0 Å². The van der Waals surface area contributed by atoms with Gasteiger partial charge in [0.05, 0.1) is 13.2 Å². The first-order chi connectivity index (χ1) is 11.0. The molecule has 2 aliphatic rings. The van der Waals surface area contributed by atoms with Crippen molar-refractivity contribution in [2.75, 3.05) is 19.7 Å². The largest absolute Gasteiger partial charge is 0.464 e. The summed E-state index contributed by atoms with van der Waals surface area (Å²) in [6.45, 7) is 0.707. The molecule has 2 saturated heterocycles. The van der Waals surface area contributed by atoms with E-state index in [1.807, 2.05) is 0 Å². The molecule has 0 radical (unpaired) electrons. The maximum atomic E-state index is 12.4. The molecule has 0 unspecified atom stereocenters. The number of ether oxygens (including phenoxy) is 1. The summed E-state index contributed by atoms with van der Waals surface area (Å²) in [5.74, 6) is -0.968. The van der Waals surface area contributed by atoms with Gasteiger partial charge in [-0.05, 0) is 31.0 Å². The van der Waals surface area contributed by atoms with Gasteiger partial charge < -0.3 is 15.0 Å². The zero-order chi connectivity index (χ0) is 16.4. The molecule has 0 bridgehead atoms. The molecule has 0 saturated carbocycles. The average Bonchev–Trinajstić information content (AvgIpc) is 3.12. The van der Waals surface area contributed by atoms with Gasteiger partial charge in [-0.25, -0.2) is 4.79 Å². The van der Waals surface area contributed by atoms with Crippen LogP contribution in [-0.2, 0) is 14.3 Å². The number of nitrogens with zero attached hydrogens (tertiary/aromatic N) is 1. The van der Waals surface area contributed by atoms with Crippen LogP contribution in [0.2, 0.25) is 5.02 Å². The highest BCUT2D eigenvalue weighted by Gasteiger charge is 2.53. The number of benzene rings is 1. The van der Waals surface area contributed by atoms with Gasteiger partial charge in [-0.1, -0.05) is 17.7 Å². The maximum absolute atomic E-state index is 12.4. The highest BCUT2D eigenvalue weighted by atomic mass is 35.5. The van der Waals surface area contributed by atoms with Crippen LogP contribution in [-0.4, -0.2) is 47.9 Å². The molecule has 2 heterocycles. The average molecular weight is 337 g/mol. The van der Waals surface area contributed by atoms with Gasteiger partial charge in [0.25, 0.3) is 5.91 Å². The van der Waals surface area contributed by atoms with Crippen LogP contribution < -0.4 is 5.32 Å². The first kappa shape index (κ1) is 15.8. The van der Waals surface area contributed by atoms with E-state index < -0.39 is 5.54 Å². The molecule has 1 atom stereocenters. The van der Waals surface area contributed by atoms with Gasteiger partial charge in [-0.2, -0.15) is 0 Å². The first-order valence-corrected chi connectivity index (χ1v) is 7.92. The van der Waals surface area contributed by atoms with Gasteiger partial charge >= 0.3 is 5.97 Å². The predicted octanol–water partition coefficient (Wildman–Crippen LogP) is 1.38. The Morgan fingerprint density at radius 2 is 2.17 bits per heavy atom. The number of carbonyl (C=O) groups is 3. The fourth-order valence-electron chi connectivity index (χ4n) is 3.25. The van der Waals surface area contributed by atoms with E-state index in [-0.39, 0.29) is 24.3 Å². The molecule has 6 nitrogen and oxygen atoms in total. The van der Waals surface area contributed by atoms with Crippen LogP contribution in [0.3, 0.4) is 0 Å². The summed E-state index contributed by atoms with van der Waals surface area (Å²) in [4.78, 5) is 38.0. The van der Waals surface area contributed by atoms with Crippen molar-refractivity contribution in [1.82, 2.24) is 10.2 Å². The number of rotatable bonds is 3. The van der Waals surface area contributed by atoms with Gasteiger partial charge in [-0.3, -0.25) is 9.59 Å². The molecular weight excluding hydrogens is 320 g/mol. The lowest BCUT2D eigenvalue weighted by Crippen LogP contribution is -2.53. The third kappa shape index (κ3) is 2.91. The van der Waals surface area contributed by atoms with Crippen LogP contribution >= 0.6 is 11.6 Å². The summed E-state index contributed by atoms with van der Waals surface area (Å²) in [5, 5.41) is 3.04. The summed E-state index contributed by atoms with van der Waals surface area (Å²) in [7, 11) is 0. The molecule has 3 rings (SSSR count). The number of carbonyl (C=O) groups excluding carboxylic acids is 3.